The van der Waals surface area contributed by atoms with Crippen molar-refractivity contribution in [1.82, 2.24) is 0 Å². The Bertz CT molecular complexity index is 496. The fourth-order valence-electron chi connectivity index (χ4n) is 6.15. The van der Waals surface area contributed by atoms with E-state index < -0.39 is 0 Å². The molecule has 0 aromatic heterocycles. The largest absolute Gasteiger partial charge is 0.396 e. The summed E-state index contributed by atoms with van der Waals surface area (Å²) in [7, 11) is 0. The number of hydrogen-bond acceptors (Lipinski definition) is 2. The fraction of sp³-hybridized carbons (Fsp3) is 0.800. The zero-order valence-corrected chi connectivity index (χ0v) is 14.4. The molecule has 6 atom stereocenters. The van der Waals surface area contributed by atoms with Gasteiger partial charge in [-0.1, -0.05) is 38.5 Å². The monoisotopic (exact) mass is 304 g/mol. The molecular formula is C20H32O2. The summed E-state index contributed by atoms with van der Waals surface area (Å²) in [6.45, 7) is 11.1. The number of hydrogen-bond donors (Lipinski definition) is 2. The second-order valence-corrected chi connectivity index (χ2v) is 8.99. The minimum Gasteiger partial charge on any atom is -0.396 e. The summed E-state index contributed by atoms with van der Waals surface area (Å²) < 4.78 is 0. The molecule has 0 aliphatic heterocycles. The van der Waals surface area contributed by atoms with Crippen LogP contribution in [0.15, 0.2) is 24.3 Å². The van der Waals surface area contributed by atoms with E-state index >= 15 is 0 Å². The van der Waals surface area contributed by atoms with Crippen LogP contribution >= 0.6 is 0 Å². The Morgan fingerprint density at radius 2 is 2.00 bits per heavy atom. The Hall–Kier alpha value is -0.600. The van der Waals surface area contributed by atoms with Gasteiger partial charge in [0.2, 0.25) is 0 Å². The van der Waals surface area contributed by atoms with Gasteiger partial charge in [0, 0.05) is 12.0 Å². The highest BCUT2D eigenvalue weighted by Crippen LogP contribution is 2.63. The second kappa shape index (κ2) is 5.21. The van der Waals surface area contributed by atoms with Crippen molar-refractivity contribution in [3.8, 4) is 0 Å². The highest BCUT2D eigenvalue weighted by atomic mass is 16.3. The summed E-state index contributed by atoms with van der Waals surface area (Å²) >= 11 is 0. The maximum atomic E-state index is 10.5. The standard InChI is InChI=1S/C20H32O2/c1-5-18(2)9-8-16-14(10-18)6-7-17-19(3,13-21)11-15(22)12-20(16,17)4/h5,10,15-17,21-22H,1,6-9,11-13H2,2-4H3/t15-,16-,17-,18-,19-,20+/m0/s1. The van der Waals surface area contributed by atoms with E-state index in [1.807, 2.05) is 0 Å². The zero-order chi connectivity index (χ0) is 16.2. The molecule has 0 spiro atoms. The summed E-state index contributed by atoms with van der Waals surface area (Å²) in [5, 5.41) is 20.5. The minimum atomic E-state index is -0.273. The van der Waals surface area contributed by atoms with E-state index in [1.165, 1.54) is 6.42 Å². The van der Waals surface area contributed by atoms with Crippen molar-refractivity contribution in [2.75, 3.05) is 6.61 Å². The third kappa shape index (κ3) is 2.30. The number of fused-ring (bicyclic) bond motifs is 3. The first-order valence-corrected chi connectivity index (χ1v) is 8.90. The molecule has 2 fully saturated rings. The average Bonchev–Trinajstić information content (AvgIpc) is 2.45. The fourth-order valence-corrected chi connectivity index (χ4v) is 6.15. The number of rotatable bonds is 2. The molecule has 0 aromatic carbocycles. The highest BCUT2D eigenvalue weighted by molar-refractivity contribution is 5.26. The molecule has 2 heteroatoms. The van der Waals surface area contributed by atoms with Gasteiger partial charge in [0.1, 0.15) is 0 Å². The van der Waals surface area contributed by atoms with E-state index in [4.69, 9.17) is 0 Å². The lowest BCUT2D eigenvalue weighted by Crippen LogP contribution is -2.56. The smallest absolute Gasteiger partial charge is 0.0552 e. The molecule has 0 saturated heterocycles. The molecule has 0 aromatic rings. The summed E-state index contributed by atoms with van der Waals surface area (Å²) in [6.07, 6.45) is 10.6. The normalized spacial score (nSPS) is 51.5. The van der Waals surface area contributed by atoms with Crippen LogP contribution in [0.1, 0.15) is 59.3 Å². The predicted molar refractivity (Wildman–Crippen MR) is 90.4 cm³/mol. The van der Waals surface area contributed by atoms with E-state index in [-0.39, 0.29) is 29.0 Å². The minimum absolute atomic E-state index is 0.127. The van der Waals surface area contributed by atoms with Gasteiger partial charge in [0.25, 0.3) is 0 Å². The molecule has 3 aliphatic carbocycles. The van der Waals surface area contributed by atoms with Crippen LogP contribution in [0.5, 0.6) is 0 Å². The molecule has 22 heavy (non-hydrogen) atoms. The van der Waals surface area contributed by atoms with Crippen molar-refractivity contribution < 1.29 is 10.2 Å². The molecule has 0 amide bonds. The van der Waals surface area contributed by atoms with Crippen LogP contribution in [-0.4, -0.2) is 22.9 Å². The van der Waals surface area contributed by atoms with Crippen molar-refractivity contribution in [1.29, 1.82) is 0 Å². The van der Waals surface area contributed by atoms with Crippen molar-refractivity contribution >= 4 is 0 Å². The summed E-state index contributed by atoms with van der Waals surface area (Å²) in [4.78, 5) is 0. The quantitative estimate of drug-likeness (QED) is 0.755. The Labute approximate surface area is 135 Å². The first kappa shape index (κ1) is 16.3. The van der Waals surface area contributed by atoms with Crippen LogP contribution in [0.4, 0.5) is 0 Å². The molecule has 0 heterocycles. The van der Waals surface area contributed by atoms with Crippen LogP contribution in [0.3, 0.4) is 0 Å². The average molecular weight is 304 g/mol. The van der Waals surface area contributed by atoms with Crippen LogP contribution in [0, 0.1) is 28.1 Å². The lowest BCUT2D eigenvalue weighted by Gasteiger charge is -2.60. The van der Waals surface area contributed by atoms with Crippen LogP contribution in [-0.2, 0) is 0 Å². The molecule has 0 radical (unpaired) electrons. The molecule has 3 rings (SSSR count). The maximum Gasteiger partial charge on any atom is 0.0552 e. The molecule has 0 unspecified atom stereocenters. The van der Waals surface area contributed by atoms with Gasteiger partial charge in [0.15, 0.2) is 0 Å². The number of aliphatic hydroxyl groups excluding tert-OH is 2. The van der Waals surface area contributed by atoms with E-state index in [0.717, 1.165) is 32.1 Å². The third-order valence-corrected chi connectivity index (χ3v) is 7.29. The Kier molecular flexibility index (Phi) is 3.85. The molecule has 3 aliphatic rings. The summed E-state index contributed by atoms with van der Waals surface area (Å²) in [5.41, 5.74) is 1.73. The molecular weight excluding hydrogens is 272 g/mol. The van der Waals surface area contributed by atoms with Crippen molar-refractivity contribution in [3.05, 3.63) is 24.3 Å². The number of aliphatic hydroxyl groups is 2. The first-order chi connectivity index (χ1) is 10.3. The van der Waals surface area contributed by atoms with Crippen LogP contribution in [0.25, 0.3) is 0 Å². The van der Waals surface area contributed by atoms with Gasteiger partial charge in [-0.25, -0.2) is 0 Å². The third-order valence-electron chi connectivity index (χ3n) is 7.29. The Morgan fingerprint density at radius 1 is 1.27 bits per heavy atom. The van der Waals surface area contributed by atoms with E-state index in [2.05, 4.69) is 39.5 Å². The molecule has 0 bridgehead atoms. The summed E-state index contributed by atoms with van der Waals surface area (Å²) in [5.74, 6) is 1.09. The van der Waals surface area contributed by atoms with Gasteiger partial charge in [0.05, 0.1) is 6.10 Å². The van der Waals surface area contributed by atoms with Gasteiger partial charge >= 0.3 is 0 Å². The van der Waals surface area contributed by atoms with Gasteiger partial charge in [-0.2, -0.15) is 0 Å². The molecule has 2 saturated carbocycles. The lowest BCUT2D eigenvalue weighted by molar-refractivity contribution is -0.131. The second-order valence-electron chi connectivity index (χ2n) is 8.99. The first-order valence-electron chi connectivity index (χ1n) is 8.90. The highest BCUT2D eigenvalue weighted by Gasteiger charge is 2.57. The molecule has 2 N–H and O–H groups in total. The van der Waals surface area contributed by atoms with E-state index in [1.54, 1.807) is 5.57 Å². The van der Waals surface area contributed by atoms with E-state index in [9.17, 15) is 10.2 Å². The maximum absolute atomic E-state index is 10.5. The van der Waals surface area contributed by atoms with Gasteiger partial charge in [-0.05, 0) is 61.2 Å². The predicted octanol–water partition coefficient (Wildman–Crippen LogP) is 4.08. The molecule has 124 valence electrons. The molecule has 2 nitrogen and oxygen atoms in total. The SMILES string of the molecule is C=C[C@]1(C)C=C2CC[C@H]3[C@](C)(CO)C[C@H](O)C[C@]3(C)[C@H]2CC1. The topological polar surface area (TPSA) is 40.5 Å². The van der Waals surface area contributed by atoms with Crippen LogP contribution < -0.4 is 0 Å². The summed E-state index contributed by atoms with van der Waals surface area (Å²) in [6, 6.07) is 0. The number of allylic oxidation sites excluding steroid dienone is 3. The van der Waals surface area contributed by atoms with Crippen molar-refractivity contribution in [2.24, 2.45) is 28.1 Å². The van der Waals surface area contributed by atoms with Gasteiger partial charge < -0.3 is 10.2 Å². The van der Waals surface area contributed by atoms with Crippen molar-refractivity contribution in [3.63, 3.8) is 0 Å². The van der Waals surface area contributed by atoms with Gasteiger partial charge in [-0.3, -0.25) is 0 Å². The Balaban J connectivity index is 1.99. The lowest BCUT2D eigenvalue weighted by atomic mass is 9.45. The Morgan fingerprint density at radius 3 is 2.64 bits per heavy atom. The van der Waals surface area contributed by atoms with Crippen molar-refractivity contribution in [2.45, 2.75) is 65.4 Å². The van der Waals surface area contributed by atoms with Gasteiger partial charge in [-0.15, -0.1) is 6.58 Å². The van der Waals surface area contributed by atoms with Crippen LogP contribution in [0.2, 0.25) is 0 Å². The van der Waals surface area contributed by atoms with E-state index in [0.29, 0.717) is 11.8 Å². The zero-order valence-electron chi connectivity index (χ0n) is 14.4.